The quantitative estimate of drug-likeness (QED) is 0.521. The summed E-state index contributed by atoms with van der Waals surface area (Å²) in [6.07, 6.45) is 3.00. The molecular formula is C19H23NS. The van der Waals surface area contributed by atoms with E-state index < -0.39 is 0 Å². The molecule has 21 heavy (non-hydrogen) atoms. The highest BCUT2D eigenvalue weighted by Crippen LogP contribution is 2.40. The van der Waals surface area contributed by atoms with Crippen LogP contribution in [0.15, 0.2) is 78.2 Å². The molecule has 0 saturated heterocycles. The van der Waals surface area contributed by atoms with E-state index in [0.29, 0.717) is 11.3 Å². The van der Waals surface area contributed by atoms with Crippen LogP contribution in [0, 0.1) is 0 Å². The second kappa shape index (κ2) is 8.06. The van der Waals surface area contributed by atoms with Gasteiger partial charge in [-0.3, -0.25) is 0 Å². The minimum absolute atomic E-state index is 0.390. The first-order valence-corrected chi connectivity index (χ1v) is 8.14. The maximum Gasteiger partial charge on any atom is 0.0502 e. The van der Waals surface area contributed by atoms with Gasteiger partial charge in [-0.05, 0) is 38.2 Å². The maximum absolute atomic E-state index is 3.93. The second-order valence-corrected chi connectivity index (χ2v) is 6.53. The third-order valence-corrected chi connectivity index (χ3v) is 4.94. The lowest BCUT2D eigenvalue weighted by Crippen LogP contribution is -2.32. The molecule has 0 saturated carbocycles. The van der Waals surface area contributed by atoms with E-state index in [-0.39, 0.29) is 0 Å². The average Bonchev–Trinajstić information content (AvgIpc) is 2.52. The zero-order valence-electron chi connectivity index (χ0n) is 12.8. The Bertz CT molecular complexity index is 536. The van der Waals surface area contributed by atoms with Crippen molar-refractivity contribution in [3.05, 3.63) is 78.9 Å². The van der Waals surface area contributed by atoms with E-state index in [1.807, 2.05) is 17.8 Å². The van der Waals surface area contributed by atoms with Gasteiger partial charge in [-0.25, -0.2) is 0 Å². The zero-order valence-corrected chi connectivity index (χ0v) is 13.6. The van der Waals surface area contributed by atoms with Gasteiger partial charge in [0.05, 0.1) is 5.25 Å². The summed E-state index contributed by atoms with van der Waals surface area (Å²) in [6.45, 7) is 3.93. The van der Waals surface area contributed by atoms with Gasteiger partial charge in [0.1, 0.15) is 0 Å². The normalized spacial score (nSPS) is 13.9. The summed E-state index contributed by atoms with van der Waals surface area (Å²) >= 11 is 1.93. The fourth-order valence-corrected chi connectivity index (χ4v) is 3.85. The molecule has 110 valence electrons. The van der Waals surface area contributed by atoms with Crippen molar-refractivity contribution in [1.82, 2.24) is 4.90 Å². The number of rotatable bonds is 7. The van der Waals surface area contributed by atoms with Gasteiger partial charge in [0, 0.05) is 10.9 Å². The predicted octanol–water partition coefficient (Wildman–Crippen LogP) is 5.03. The summed E-state index contributed by atoms with van der Waals surface area (Å²) in [7, 11) is 4.30. The largest absolute Gasteiger partial charge is 0.305 e. The molecule has 0 radical (unpaired) electrons. The Morgan fingerprint density at radius 3 is 2.10 bits per heavy atom. The Labute approximate surface area is 132 Å². The van der Waals surface area contributed by atoms with E-state index in [4.69, 9.17) is 0 Å². The summed E-state index contributed by atoms with van der Waals surface area (Å²) in [5.74, 6) is 0. The molecule has 1 nitrogen and oxygen atoms in total. The molecule has 0 amide bonds. The van der Waals surface area contributed by atoms with Crippen LogP contribution in [0.1, 0.15) is 17.2 Å². The van der Waals surface area contributed by atoms with Crippen LogP contribution >= 0.6 is 11.8 Å². The van der Waals surface area contributed by atoms with Crippen molar-refractivity contribution in [2.24, 2.45) is 0 Å². The standard InChI is InChI=1S/C19H23NS/c1-4-11-18(20(2)3)19(16-12-7-5-8-13-16)21-17-14-9-6-10-15-17/h4-10,12-15,18-19H,1,11H2,2-3H3. The Morgan fingerprint density at radius 2 is 1.57 bits per heavy atom. The van der Waals surface area contributed by atoms with E-state index in [1.54, 1.807) is 0 Å². The summed E-state index contributed by atoms with van der Waals surface area (Å²) in [5, 5.41) is 0.390. The Hall–Kier alpha value is -1.51. The third kappa shape index (κ3) is 4.48. The molecule has 0 bridgehead atoms. The highest BCUT2D eigenvalue weighted by molar-refractivity contribution is 7.99. The number of hydrogen-bond acceptors (Lipinski definition) is 2. The van der Waals surface area contributed by atoms with Gasteiger partial charge < -0.3 is 4.90 Å². The smallest absolute Gasteiger partial charge is 0.0502 e. The van der Waals surface area contributed by atoms with Crippen LogP contribution in [0.25, 0.3) is 0 Å². The average molecular weight is 297 g/mol. The van der Waals surface area contributed by atoms with Gasteiger partial charge in [0.25, 0.3) is 0 Å². The van der Waals surface area contributed by atoms with Crippen LogP contribution in [0.2, 0.25) is 0 Å². The topological polar surface area (TPSA) is 3.24 Å². The monoisotopic (exact) mass is 297 g/mol. The van der Waals surface area contributed by atoms with Crippen LogP contribution in [0.4, 0.5) is 0 Å². The third-order valence-electron chi connectivity index (χ3n) is 3.56. The highest BCUT2D eigenvalue weighted by Gasteiger charge is 2.25. The van der Waals surface area contributed by atoms with E-state index in [1.165, 1.54) is 10.5 Å². The lowest BCUT2D eigenvalue weighted by molar-refractivity contribution is 0.289. The fourth-order valence-electron chi connectivity index (χ4n) is 2.43. The number of likely N-dealkylation sites (N-methyl/N-ethyl adjacent to an activating group) is 1. The fraction of sp³-hybridized carbons (Fsp3) is 0.263. The summed E-state index contributed by atoms with van der Waals surface area (Å²) in [5.41, 5.74) is 1.37. The predicted molar refractivity (Wildman–Crippen MR) is 93.8 cm³/mol. The number of benzene rings is 2. The van der Waals surface area contributed by atoms with Crippen molar-refractivity contribution in [1.29, 1.82) is 0 Å². The van der Waals surface area contributed by atoms with Crippen LogP contribution in [0.5, 0.6) is 0 Å². The van der Waals surface area contributed by atoms with Gasteiger partial charge in [-0.15, -0.1) is 18.3 Å². The van der Waals surface area contributed by atoms with Gasteiger partial charge >= 0.3 is 0 Å². The summed E-state index contributed by atoms with van der Waals surface area (Å²) < 4.78 is 0. The minimum atomic E-state index is 0.390. The van der Waals surface area contributed by atoms with Gasteiger partial charge in [0.15, 0.2) is 0 Å². The Balaban J connectivity index is 2.31. The summed E-state index contributed by atoms with van der Waals surface area (Å²) in [6, 6.07) is 21.8. The van der Waals surface area contributed by atoms with E-state index in [9.17, 15) is 0 Å². The molecule has 0 N–H and O–H groups in total. The molecule has 2 aromatic rings. The number of hydrogen-bond donors (Lipinski definition) is 0. The van der Waals surface area contributed by atoms with Gasteiger partial charge in [0.2, 0.25) is 0 Å². The highest BCUT2D eigenvalue weighted by atomic mass is 32.2. The number of thioether (sulfide) groups is 1. The van der Waals surface area contributed by atoms with Crippen molar-refractivity contribution < 1.29 is 0 Å². The summed E-state index contributed by atoms with van der Waals surface area (Å²) in [4.78, 5) is 3.61. The number of nitrogens with zero attached hydrogens (tertiary/aromatic N) is 1. The molecule has 0 aliphatic rings. The Morgan fingerprint density at radius 1 is 1.00 bits per heavy atom. The molecule has 2 rings (SSSR count). The second-order valence-electron chi connectivity index (χ2n) is 5.32. The van der Waals surface area contributed by atoms with Crippen molar-refractivity contribution in [3.63, 3.8) is 0 Å². The SMILES string of the molecule is C=CCC(C(Sc1ccccc1)c1ccccc1)N(C)C. The molecule has 0 aromatic heterocycles. The molecule has 0 aliphatic heterocycles. The first-order valence-electron chi connectivity index (χ1n) is 7.26. The molecule has 2 unspecified atom stereocenters. The molecule has 0 fully saturated rings. The van der Waals surface area contributed by atoms with Crippen molar-refractivity contribution in [2.75, 3.05) is 14.1 Å². The zero-order chi connectivity index (χ0) is 15.1. The van der Waals surface area contributed by atoms with Crippen LogP contribution < -0.4 is 0 Å². The van der Waals surface area contributed by atoms with E-state index in [2.05, 4.69) is 86.2 Å². The first-order chi connectivity index (χ1) is 10.2. The minimum Gasteiger partial charge on any atom is -0.305 e. The van der Waals surface area contributed by atoms with E-state index >= 15 is 0 Å². The van der Waals surface area contributed by atoms with Crippen LogP contribution in [0.3, 0.4) is 0 Å². The van der Waals surface area contributed by atoms with Crippen molar-refractivity contribution in [3.8, 4) is 0 Å². The first kappa shape index (κ1) is 15.9. The molecule has 2 atom stereocenters. The van der Waals surface area contributed by atoms with Gasteiger partial charge in [-0.1, -0.05) is 54.6 Å². The van der Waals surface area contributed by atoms with E-state index in [0.717, 1.165) is 6.42 Å². The van der Waals surface area contributed by atoms with Crippen molar-refractivity contribution >= 4 is 11.8 Å². The van der Waals surface area contributed by atoms with Crippen LogP contribution in [-0.4, -0.2) is 25.0 Å². The molecular weight excluding hydrogens is 274 g/mol. The molecule has 0 aliphatic carbocycles. The molecule has 0 heterocycles. The van der Waals surface area contributed by atoms with Crippen molar-refractivity contribution in [2.45, 2.75) is 22.6 Å². The Kier molecular flexibility index (Phi) is 6.09. The molecule has 0 spiro atoms. The maximum atomic E-state index is 3.93. The molecule has 2 aromatic carbocycles. The van der Waals surface area contributed by atoms with Crippen LogP contribution in [-0.2, 0) is 0 Å². The molecule has 2 heteroatoms. The lowest BCUT2D eigenvalue weighted by atomic mass is 10.0. The van der Waals surface area contributed by atoms with Gasteiger partial charge in [-0.2, -0.15) is 0 Å². The lowest BCUT2D eigenvalue weighted by Gasteiger charge is -2.31.